The number of anilines is 2. The van der Waals surface area contributed by atoms with E-state index in [1.165, 1.54) is 6.07 Å². The summed E-state index contributed by atoms with van der Waals surface area (Å²) in [6.45, 7) is 10.8. The minimum Gasteiger partial charge on any atom is -0.444 e. The van der Waals surface area contributed by atoms with Crippen LogP contribution in [0.15, 0.2) is 18.2 Å². The molecular formula is C26H34FIN4O4S. The molecule has 0 spiro atoms. The number of hydrogen-bond donors (Lipinski definition) is 4. The smallest absolute Gasteiger partial charge is 0.407 e. The molecule has 1 aliphatic heterocycles. The third-order valence-electron chi connectivity index (χ3n) is 5.56. The lowest BCUT2D eigenvalue weighted by molar-refractivity contribution is 0.0526. The maximum Gasteiger partial charge on any atom is 0.407 e. The molecule has 0 aliphatic carbocycles. The van der Waals surface area contributed by atoms with Gasteiger partial charge in [-0.15, -0.1) is 11.3 Å². The van der Waals surface area contributed by atoms with Crippen LogP contribution in [-0.4, -0.2) is 43.1 Å². The first-order valence-corrected chi connectivity index (χ1v) is 14.1. The molecule has 3 rings (SSSR count). The van der Waals surface area contributed by atoms with E-state index in [2.05, 4.69) is 21.3 Å². The van der Waals surface area contributed by atoms with Crippen molar-refractivity contribution in [2.45, 2.75) is 59.5 Å². The van der Waals surface area contributed by atoms with Gasteiger partial charge in [-0.1, -0.05) is 13.8 Å². The maximum absolute atomic E-state index is 14.6. The molecule has 2 aromatic rings. The summed E-state index contributed by atoms with van der Waals surface area (Å²) in [6.07, 6.45) is 1.33. The number of amides is 3. The summed E-state index contributed by atoms with van der Waals surface area (Å²) in [5.41, 5.74) is 0.459. The van der Waals surface area contributed by atoms with Crippen molar-refractivity contribution in [2.24, 2.45) is 5.41 Å². The van der Waals surface area contributed by atoms with Gasteiger partial charge in [0.15, 0.2) is 0 Å². The van der Waals surface area contributed by atoms with Gasteiger partial charge in [0.05, 0.1) is 16.1 Å². The minimum atomic E-state index is -0.561. The first-order valence-electron chi connectivity index (χ1n) is 12.2. The van der Waals surface area contributed by atoms with E-state index in [4.69, 9.17) is 4.74 Å². The van der Waals surface area contributed by atoms with Crippen LogP contribution in [0, 0.1) is 14.8 Å². The molecule has 4 N–H and O–H groups in total. The molecule has 3 amide bonds. The normalized spacial score (nSPS) is 14.7. The van der Waals surface area contributed by atoms with Crippen molar-refractivity contribution in [2.75, 3.05) is 25.0 Å². The van der Waals surface area contributed by atoms with Crippen molar-refractivity contribution in [3.05, 3.63) is 43.6 Å². The van der Waals surface area contributed by atoms with Gasteiger partial charge in [0.2, 0.25) is 0 Å². The van der Waals surface area contributed by atoms with Crippen LogP contribution in [-0.2, 0) is 11.2 Å². The van der Waals surface area contributed by atoms with Gasteiger partial charge >= 0.3 is 6.09 Å². The first-order chi connectivity index (χ1) is 17.3. The Hall–Kier alpha value is -2.41. The fourth-order valence-electron chi connectivity index (χ4n) is 3.84. The van der Waals surface area contributed by atoms with Crippen LogP contribution in [0.1, 0.15) is 73.1 Å². The zero-order chi connectivity index (χ0) is 27.4. The van der Waals surface area contributed by atoms with E-state index in [1.54, 1.807) is 32.9 Å². The number of halogens is 2. The summed E-state index contributed by atoms with van der Waals surface area (Å²) in [5.74, 6) is -0.996. The Morgan fingerprint density at radius 1 is 1.19 bits per heavy atom. The first kappa shape index (κ1) is 29.2. The quantitative estimate of drug-likeness (QED) is 0.222. The second-order valence-corrected chi connectivity index (χ2v) is 13.0. The highest BCUT2D eigenvalue weighted by Crippen LogP contribution is 2.40. The van der Waals surface area contributed by atoms with E-state index < -0.39 is 17.5 Å². The summed E-state index contributed by atoms with van der Waals surface area (Å²) in [4.78, 5) is 38.5. The second kappa shape index (κ2) is 12.0. The highest BCUT2D eigenvalue weighted by Gasteiger charge is 2.34. The lowest BCUT2D eigenvalue weighted by Crippen LogP contribution is -2.33. The average molecular weight is 645 g/mol. The minimum absolute atomic E-state index is 0.232. The lowest BCUT2D eigenvalue weighted by Gasteiger charge is -2.22. The molecule has 11 heteroatoms. The van der Waals surface area contributed by atoms with Crippen molar-refractivity contribution in [1.29, 1.82) is 0 Å². The standard InChI is InChI=1S/C26H34FIN4O4S/c1-25(2,3)36-24(35)30-11-7-6-10-29-21(33)19-16-13-26(4,5)14-31-22(34)20(16)37-23(19)32-18-9-8-15(28)12-17(18)27/h8-9,12,32H,6-7,10-11,13-14H2,1-5H3,(H,29,33)(H,30,35)(H,31,34). The molecule has 37 heavy (non-hydrogen) atoms. The van der Waals surface area contributed by atoms with Crippen LogP contribution in [0.3, 0.4) is 0 Å². The molecule has 0 radical (unpaired) electrons. The van der Waals surface area contributed by atoms with Crippen LogP contribution in [0.5, 0.6) is 0 Å². The number of benzene rings is 1. The van der Waals surface area contributed by atoms with Gasteiger partial charge in [-0.3, -0.25) is 9.59 Å². The van der Waals surface area contributed by atoms with Gasteiger partial charge in [-0.2, -0.15) is 0 Å². The molecular weight excluding hydrogens is 610 g/mol. The molecule has 0 bridgehead atoms. The Morgan fingerprint density at radius 3 is 2.51 bits per heavy atom. The fraction of sp³-hybridized carbons (Fsp3) is 0.500. The summed E-state index contributed by atoms with van der Waals surface area (Å²) in [7, 11) is 0. The van der Waals surface area contributed by atoms with Crippen molar-refractivity contribution < 1.29 is 23.5 Å². The van der Waals surface area contributed by atoms with Crippen molar-refractivity contribution in [3.8, 4) is 0 Å². The van der Waals surface area contributed by atoms with Crippen LogP contribution < -0.4 is 21.3 Å². The van der Waals surface area contributed by atoms with E-state index in [1.807, 2.05) is 36.4 Å². The molecule has 0 fully saturated rings. The number of fused-ring (bicyclic) bond motifs is 1. The van der Waals surface area contributed by atoms with Crippen molar-refractivity contribution >= 4 is 62.5 Å². The summed E-state index contributed by atoms with van der Waals surface area (Å²) < 4.78 is 20.6. The Kier molecular flexibility index (Phi) is 9.43. The SMILES string of the molecule is CC1(C)CNC(=O)c2sc(Nc3ccc(I)cc3F)c(C(=O)NCCCCNC(=O)OC(C)(C)C)c2C1. The lowest BCUT2D eigenvalue weighted by atomic mass is 9.85. The number of thiophene rings is 1. The van der Waals surface area contributed by atoms with Gasteiger partial charge in [-0.05, 0) is 91.8 Å². The molecule has 0 unspecified atom stereocenters. The largest absolute Gasteiger partial charge is 0.444 e. The highest BCUT2D eigenvalue weighted by atomic mass is 127. The molecule has 0 saturated carbocycles. The summed E-state index contributed by atoms with van der Waals surface area (Å²) in [6, 6.07) is 4.79. The number of carbonyl (C=O) groups excluding carboxylic acids is 3. The Balaban J connectivity index is 1.73. The van der Waals surface area contributed by atoms with E-state index in [9.17, 15) is 18.8 Å². The Morgan fingerprint density at radius 2 is 1.86 bits per heavy atom. The number of nitrogens with one attached hydrogen (secondary N) is 4. The molecule has 1 aliphatic rings. The van der Waals surface area contributed by atoms with Crippen LogP contribution in [0.4, 0.5) is 19.9 Å². The average Bonchev–Trinajstić information content (AvgIpc) is 3.07. The van der Waals surface area contributed by atoms with Gasteiger partial charge in [-0.25, -0.2) is 9.18 Å². The molecule has 202 valence electrons. The third kappa shape index (κ3) is 8.29. The zero-order valence-corrected chi connectivity index (χ0v) is 24.7. The second-order valence-electron chi connectivity index (χ2n) is 10.8. The van der Waals surface area contributed by atoms with Gasteiger partial charge in [0.25, 0.3) is 11.8 Å². The number of alkyl carbamates (subject to hydrolysis) is 1. The number of unbranched alkanes of at least 4 members (excludes halogenated alkanes) is 1. The van der Waals surface area contributed by atoms with Crippen LogP contribution >= 0.6 is 33.9 Å². The Labute approximate surface area is 234 Å². The Bertz CT molecular complexity index is 1180. The molecule has 8 nitrogen and oxygen atoms in total. The number of carbonyl (C=O) groups is 3. The molecule has 0 saturated heterocycles. The molecule has 1 aromatic heterocycles. The topological polar surface area (TPSA) is 109 Å². The zero-order valence-electron chi connectivity index (χ0n) is 21.8. The molecule has 0 atom stereocenters. The van der Waals surface area contributed by atoms with Crippen molar-refractivity contribution in [3.63, 3.8) is 0 Å². The van der Waals surface area contributed by atoms with Gasteiger partial charge in [0.1, 0.15) is 16.4 Å². The molecule has 2 heterocycles. The van der Waals surface area contributed by atoms with E-state index in [0.717, 1.165) is 14.9 Å². The predicted octanol–water partition coefficient (Wildman–Crippen LogP) is 5.58. The van der Waals surface area contributed by atoms with E-state index >= 15 is 0 Å². The highest BCUT2D eigenvalue weighted by molar-refractivity contribution is 14.1. The van der Waals surface area contributed by atoms with Crippen LogP contribution in [0.2, 0.25) is 0 Å². The predicted molar refractivity (Wildman–Crippen MR) is 152 cm³/mol. The van der Waals surface area contributed by atoms with E-state index in [-0.39, 0.29) is 22.9 Å². The third-order valence-corrected chi connectivity index (χ3v) is 7.38. The summed E-state index contributed by atoms with van der Waals surface area (Å²) in [5, 5.41) is 12.1. The fourth-order valence-corrected chi connectivity index (χ4v) is 5.44. The van der Waals surface area contributed by atoms with Gasteiger partial charge in [0, 0.05) is 23.2 Å². The molecule has 1 aromatic carbocycles. The monoisotopic (exact) mass is 644 g/mol. The van der Waals surface area contributed by atoms with E-state index in [0.29, 0.717) is 59.9 Å². The van der Waals surface area contributed by atoms with Gasteiger partial charge < -0.3 is 26.0 Å². The summed E-state index contributed by atoms with van der Waals surface area (Å²) >= 11 is 3.19. The number of rotatable bonds is 8. The number of hydrogen-bond acceptors (Lipinski definition) is 6. The van der Waals surface area contributed by atoms with Crippen molar-refractivity contribution in [1.82, 2.24) is 16.0 Å². The number of ether oxygens (including phenoxy) is 1. The maximum atomic E-state index is 14.6. The van der Waals surface area contributed by atoms with Crippen LogP contribution in [0.25, 0.3) is 0 Å².